The average molecular weight is 207 g/mol. The highest BCUT2D eigenvalue weighted by atomic mass is 32.2. The molecular weight excluding hydrogens is 194 g/mol. The molecule has 0 aliphatic heterocycles. The molecule has 6 heteroatoms. The Morgan fingerprint density at radius 3 is 2.54 bits per heavy atom. The summed E-state index contributed by atoms with van der Waals surface area (Å²) in [6.45, 7) is 3.13. The normalized spacial score (nSPS) is 11.9. The van der Waals surface area contributed by atoms with E-state index in [9.17, 15) is 9.59 Å². The van der Waals surface area contributed by atoms with Crippen LogP contribution in [0, 0.1) is 0 Å². The molecule has 0 saturated carbocycles. The second kappa shape index (κ2) is 6.73. The number of thioether (sulfide) groups is 1. The molecule has 0 fully saturated rings. The van der Waals surface area contributed by atoms with Crippen LogP contribution in [-0.2, 0) is 14.3 Å². The SMILES string of the molecule is CC(=O)O[C@H](C)OC(=O)SCCN. The fourth-order valence-corrected chi connectivity index (χ4v) is 1.06. The van der Waals surface area contributed by atoms with E-state index in [4.69, 9.17) is 5.73 Å². The Kier molecular flexibility index (Phi) is 6.34. The zero-order chi connectivity index (χ0) is 10.3. The van der Waals surface area contributed by atoms with Crippen LogP contribution in [0.4, 0.5) is 4.79 Å². The van der Waals surface area contributed by atoms with Crippen LogP contribution in [0.2, 0.25) is 0 Å². The molecule has 0 amide bonds. The van der Waals surface area contributed by atoms with Crippen molar-refractivity contribution in [3.05, 3.63) is 0 Å². The number of carbonyl (C=O) groups excluding carboxylic acids is 2. The van der Waals surface area contributed by atoms with Crippen LogP contribution in [0.3, 0.4) is 0 Å². The highest BCUT2D eigenvalue weighted by molar-refractivity contribution is 8.13. The van der Waals surface area contributed by atoms with Crippen LogP contribution in [0.5, 0.6) is 0 Å². The third-order valence-electron chi connectivity index (χ3n) is 0.932. The summed E-state index contributed by atoms with van der Waals surface area (Å²) in [5, 5.41) is -0.487. The monoisotopic (exact) mass is 207 g/mol. The molecule has 0 saturated heterocycles. The molecule has 0 rings (SSSR count). The lowest BCUT2D eigenvalue weighted by Crippen LogP contribution is -2.18. The quantitative estimate of drug-likeness (QED) is 0.540. The first-order valence-electron chi connectivity index (χ1n) is 3.77. The zero-order valence-electron chi connectivity index (χ0n) is 7.61. The van der Waals surface area contributed by atoms with Gasteiger partial charge in [0.25, 0.3) is 0 Å². The predicted molar refractivity (Wildman–Crippen MR) is 49.2 cm³/mol. The fourth-order valence-electron chi connectivity index (χ4n) is 0.570. The van der Waals surface area contributed by atoms with E-state index in [1.165, 1.54) is 13.8 Å². The Hall–Kier alpha value is -0.750. The van der Waals surface area contributed by atoms with Crippen LogP contribution in [0.15, 0.2) is 0 Å². The lowest BCUT2D eigenvalue weighted by atomic mass is 10.7. The van der Waals surface area contributed by atoms with E-state index in [-0.39, 0.29) is 0 Å². The lowest BCUT2D eigenvalue weighted by molar-refractivity contribution is -0.160. The van der Waals surface area contributed by atoms with Gasteiger partial charge in [-0.05, 0) is 11.8 Å². The molecule has 0 aromatic heterocycles. The molecule has 0 spiro atoms. The van der Waals surface area contributed by atoms with Gasteiger partial charge < -0.3 is 15.2 Å². The minimum Gasteiger partial charge on any atom is -0.426 e. The molecule has 0 aromatic carbocycles. The summed E-state index contributed by atoms with van der Waals surface area (Å²) in [6, 6.07) is 0. The van der Waals surface area contributed by atoms with Crippen molar-refractivity contribution in [2.24, 2.45) is 5.73 Å². The van der Waals surface area contributed by atoms with Crippen molar-refractivity contribution >= 4 is 23.0 Å². The van der Waals surface area contributed by atoms with E-state index in [0.29, 0.717) is 12.3 Å². The van der Waals surface area contributed by atoms with Gasteiger partial charge >= 0.3 is 11.3 Å². The van der Waals surface area contributed by atoms with Gasteiger partial charge in [0, 0.05) is 26.1 Å². The molecule has 0 aromatic rings. The summed E-state index contributed by atoms with van der Waals surface area (Å²) < 4.78 is 9.26. The van der Waals surface area contributed by atoms with Crippen molar-refractivity contribution in [3.63, 3.8) is 0 Å². The summed E-state index contributed by atoms with van der Waals surface area (Å²) >= 11 is 0.954. The van der Waals surface area contributed by atoms with E-state index in [1.807, 2.05) is 0 Å². The number of carbonyl (C=O) groups is 2. The Labute approximate surface area is 80.9 Å². The van der Waals surface area contributed by atoms with Gasteiger partial charge in [-0.3, -0.25) is 4.79 Å². The van der Waals surface area contributed by atoms with Gasteiger partial charge in [0.15, 0.2) is 0 Å². The highest BCUT2D eigenvalue weighted by Gasteiger charge is 2.11. The topological polar surface area (TPSA) is 78.6 Å². The molecule has 0 aliphatic rings. The summed E-state index contributed by atoms with van der Waals surface area (Å²) in [5.74, 6) is 0.00940. The molecule has 1 atom stereocenters. The van der Waals surface area contributed by atoms with Crippen molar-refractivity contribution in [1.29, 1.82) is 0 Å². The third kappa shape index (κ3) is 7.61. The number of esters is 1. The maximum absolute atomic E-state index is 10.9. The number of rotatable bonds is 4. The van der Waals surface area contributed by atoms with E-state index < -0.39 is 17.6 Å². The van der Waals surface area contributed by atoms with Gasteiger partial charge in [-0.2, -0.15) is 0 Å². The number of nitrogens with two attached hydrogens (primary N) is 1. The van der Waals surface area contributed by atoms with Crippen LogP contribution >= 0.6 is 11.8 Å². The molecule has 0 aliphatic carbocycles. The van der Waals surface area contributed by atoms with Crippen molar-refractivity contribution in [2.45, 2.75) is 20.1 Å². The maximum Gasteiger partial charge on any atom is 0.370 e. The van der Waals surface area contributed by atoms with Crippen molar-refractivity contribution in [2.75, 3.05) is 12.3 Å². The molecule has 0 bridgehead atoms. The van der Waals surface area contributed by atoms with Gasteiger partial charge in [-0.15, -0.1) is 0 Å². The zero-order valence-corrected chi connectivity index (χ0v) is 8.43. The van der Waals surface area contributed by atoms with E-state index >= 15 is 0 Å². The third-order valence-corrected chi connectivity index (χ3v) is 1.70. The second-order valence-corrected chi connectivity index (χ2v) is 3.21. The Bertz CT molecular complexity index is 185. The van der Waals surface area contributed by atoms with Crippen LogP contribution in [0.25, 0.3) is 0 Å². The van der Waals surface area contributed by atoms with E-state index in [0.717, 1.165) is 11.8 Å². The summed E-state index contributed by atoms with van der Waals surface area (Å²) in [6.07, 6.45) is -0.838. The van der Waals surface area contributed by atoms with Crippen LogP contribution in [-0.4, -0.2) is 29.9 Å². The molecule has 0 radical (unpaired) electrons. The summed E-state index contributed by atoms with van der Waals surface area (Å²) in [7, 11) is 0. The van der Waals surface area contributed by atoms with Crippen molar-refractivity contribution in [1.82, 2.24) is 0 Å². The van der Waals surface area contributed by atoms with Gasteiger partial charge in [-0.25, -0.2) is 4.79 Å². The second-order valence-electron chi connectivity index (χ2n) is 2.18. The average Bonchev–Trinajstić information content (AvgIpc) is 1.98. The van der Waals surface area contributed by atoms with Gasteiger partial charge in [0.2, 0.25) is 6.29 Å². The molecule has 0 unspecified atom stereocenters. The van der Waals surface area contributed by atoms with E-state index in [1.54, 1.807) is 0 Å². The summed E-state index contributed by atoms with van der Waals surface area (Å²) in [4.78, 5) is 21.3. The smallest absolute Gasteiger partial charge is 0.370 e. The maximum atomic E-state index is 10.9. The standard InChI is InChI=1S/C7H13NO4S/c1-5(9)11-6(2)12-7(10)13-4-3-8/h6H,3-4,8H2,1-2H3/t6-/m0/s1. The predicted octanol–water partition coefficient (Wildman–Crippen LogP) is 0.724. The van der Waals surface area contributed by atoms with Gasteiger partial charge in [0.05, 0.1) is 0 Å². The molecule has 76 valence electrons. The Balaban J connectivity index is 3.59. The van der Waals surface area contributed by atoms with Crippen LogP contribution in [0.1, 0.15) is 13.8 Å². The largest absolute Gasteiger partial charge is 0.426 e. The number of hydrogen-bond acceptors (Lipinski definition) is 6. The van der Waals surface area contributed by atoms with Gasteiger partial charge in [-0.1, -0.05) is 0 Å². The highest BCUT2D eigenvalue weighted by Crippen LogP contribution is 2.07. The number of ether oxygens (including phenoxy) is 2. The van der Waals surface area contributed by atoms with Gasteiger partial charge in [0.1, 0.15) is 0 Å². The molecule has 2 N–H and O–H groups in total. The minimum atomic E-state index is -0.838. The Morgan fingerprint density at radius 1 is 1.46 bits per heavy atom. The molecular formula is C7H13NO4S. The van der Waals surface area contributed by atoms with Crippen LogP contribution < -0.4 is 5.73 Å². The Morgan fingerprint density at radius 2 is 2.08 bits per heavy atom. The molecule has 13 heavy (non-hydrogen) atoms. The molecule has 5 nitrogen and oxygen atoms in total. The minimum absolute atomic E-state index is 0.404. The first-order valence-corrected chi connectivity index (χ1v) is 4.75. The molecule has 0 heterocycles. The first-order chi connectivity index (χ1) is 6.06. The van der Waals surface area contributed by atoms with Crippen molar-refractivity contribution in [3.8, 4) is 0 Å². The van der Waals surface area contributed by atoms with E-state index in [2.05, 4.69) is 9.47 Å². The van der Waals surface area contributed by atoms with Crippen molar-refractivity contribution < 1.29 is 19.1 Å². The summed E-state index contributed by atoms with van der Waals surface area (Å²) in [5.41, 5.74) is 5.17. The number of hydrogen-bond donors (Lipinski definition) is 1. The lowest BCUT2D eigenvalue weighted by Gasteiger charge is -2.11. The first kappa shape index (κ1) is 12.2. The fraction of sp³-hybridized carbons (Fsp3) is 0.714.